The van der Waals surface area contributed by atoms with Crippen molar-refractivity contribution in [2.45, 2.75) is 64.9 Å². The van der Waals surface area contributed by atoms with Crippen molar-refractivity contribution in [3.8, 4) is 0 Å². The van der Waals surface area contributed by atoms with E-state index in [1.54, 1.807) is 0 Å². The molecule has 0 spiro atoms. The SMILES string of the molecule is CCCNc1nc(C(CCC)OCC)nc(C2CC2)c1Br. The Balaban J connectivity index is 2.32. The van der Waals surface area contributed by atoms with Gasteiger partial charge in [-0.1, -0.05) is 20.3 Å². The second-order valence-electron chi connectivity index (χ2n) is 5.56. The zero-order chi connectivity index (χ0) is 15.2. The summed E-state index contributed by atoms with van der Waals surface area (Å²) in [4.78, 5) is 9.54. The van der Waals surface area contributed by atoms with E-state index in [2.05, 4.69) is 35.1 Å². The summed E-state index contributed by atoms with van der Waals surface area (Å²) in [7, 11) is 0. The van der Waals surface area contributed by atoms with Gasteiger partial charge in [0.2, 0.25) is 0 Å². The van der Waals surface area contributed by atoms with Gasteiger partial charge in [-0.2, -0.15) is 0 Å². The van der Waals surface area contributed by atoms with E-state index in [0.717, 1.165) is 47.6 Å². The monoisotopic (exact) mass is 355 g/mol. The highest BCUT2D eigenvalue weighted by Crippen LogP contribution is 2.44. The van der Waals surface area contributed by atoms with Crippen LogP contribution < -0.4 is 5.32 Å². The van der Waals surface area contributed by atoms with Gasteiger partial charge >= 0.3 is 0 Å². The third-order valence-corrected chi connectivity index (χ3v) is 4.39. The summed E-state index contributed by atoms with van der Waals surface area (Å²) in [6.07, 6.45) is 5.58. The van der Waals surface area contributed by atoms with Crippen LogP contribution in [0.2, 0.25) is 0 Å². The lowest BCUT2D eigenvalue weighted by Crippen LogP contribution is -2.14. The fraction of sp³-hybridized carbons (Fsp3) is 0.750. The van der Waals surface area contributed by atoms with Gasteiger partial charge in [0.1, 0.15) is 11.9 Å². The minimum absolute atomic E-state index is 0.00720. The standard InChI is InChI=1S/C16H26BrN3O/c1-4-7-12(21-6-3)15-19-14(11-8-9-11)13(17)16(20-15)18-10-5-2/h11-12H,4-10H2,1-3H3,(H,18,19,20). The van der Waals surface area contributed by atoms with Crippen molar-refractivity contribution in [2.24, 2.45) is 0 Å². The van der Waals surface area contributed by atoms with Crippen LogP contribution in [0, 0.1) is 0 Å². The second-order valence-corrected chi connectivity index (χ2v) is 6.36. The summed E-state index contributed by atoms with van der Waals surface area (Å²) in [6.45, 7) is 7.97. The molecule has 0 amide bonds. The Bertz CT molecular complexity index is 457. The topological polar surface area (TPSA) is 47.0 Å². The van der Waals surface area contributed by atoms with E-state index >= 15 is 0 Å². The molecule has 0 radical (unpaired) electrons. The predicted molar refractivity (Wildman–Crippen MR) is 89.8 cm³/mol. The van der Waals surface area contributed by atoms with E-state index < -0.39 is 0 Å². The minimum atomic E-state index is 0.00720. The molecule has 2 rings (SSSR count). The van der Waals surface area contributed by atoms with Gasteiger partial charge in [-0.25, -0.2) is 9.97 Å². The zero-order valence-corrected chi connectivity index (χ0v) is 14.9. The summed E-state index contributed by atoms with van der Waals surface area (Å²) in [5, 5.41) is 3.41. The Morgan fingerprint density at radius 3 is 2.57 bits per heavy atom. The first-order valence-corrected chi connectivity index (χ1v) is 8.93. The number of halogens is 1. The molecule has 21 heavy (non-hydrogen) atoms. The fourth-order valence-electron chi connectivity index (χ4n) is 2.36. The molecule has 0 aromatic carbocycles. The number of anilines is 1. The summed E-state index contributed by atoms with van der Waals surface area (Å²) in [5.74, 6) is 2.35. The fourth-order valence-corrected chi connectivity index (χ4v) is 3.01. The van der Waals surface area contributed by atoms with Crippen LogP contribution in [-0.4, -0.2) is 23.1 Å². The van der Waals surface area contributed by atoms with E-state index in [0.29, 0.717) is 12.5 Å². The molecule has 4 nitrogen and oxygen atoms in total. The Labute approximate surface area is 136 Å². The second kappa shape index (κ2) is 8.08. The van der Waals surface area contributed by atoms with Crippen LogP contribution in [0.4, 0.5) is 5.82 Å². The number of ether oxygens (including phenoxy) is 1. The van der Waals surface area contributed by atoms with E-state index in [-0.39, 0.29) is 6.10 Å². The molecule has 1 aliphatic carbocycles. The van der Waals surface area contributed by atoms with Crippen molar-refractivity contribution in [2.75, 3.05) is 18.5 Å². The summed E-state index contributed by atoms with van der Waals surface area (Å²) in [5.41, 5.74) is 1.15. The highest BCUT2D eigenvalue weighted by molar-refractivity contribution is 9.10. The van der Waals surface area contributed by atoms with Crippen LogP contribution in [-0.2, 0) is 4.74 Å². The van der Waals surface area contributed by atoms with E-state index in [1.165, 1.54) is 12.8 Å². The van der Waals surface area contributed by atoms with Crippen LogP contribution in [0.15, 0.2) is 4.47 Å². The number of rotatable bonds is 9. The highest BCUT2D eigenvalue weighted by Gasteiger charge is 2.30. The molecule has 5 heteroatoms. The Morgan fingerprint density at radius 1 is 1.24 bits per heavy atom. The van der Waals surface area contributed by atoms with Crippen LogP contribution in [0.3, 0.4) is 0 Å². The highest BCUT2D eigenvalue weighted by atomic mass is 79.9. The molecular weight excluding hydrogens is 330 g/mol. The maximum atomic E-state index is 5.85. The molecule has 0 aliphatic heterocycles. The lowest BCUT2D eigenvalue weighted by Gasteiger charge is -2.18. The molecule has 1 aromatic heterocycles. The first kappa shape index (κ1) is 16.7. The predicted octanol–water partition coefficient (Wildman–Crippen LogP) is 4.82. The van der Waals surface area contributed by atoms with Crippen molar-refractivity contribution < 1.29 is 4.74 Å². The first-order valence-electron chi connectivity index (χ1n) is 8.13. The van der Waals surface area contributed by atoms with Crippen LogP contribution in [0.5, 0.6) is 0 Å². The van der Waals surface area contributed by atoms with Gasteiger partial charge in [-0.3, -0.25) is 0 Å². The lowest BCUT2D eigenvalue weighted by atomic mass is 10.2. The molecule has 1 aliphatic rings. The third-order valence-electron chi connectivity index (χ3n) is 3.61. The average Bonchev–Trinajstić information content (AvgIpc) is 3.30. The van der Waals surface area contributed by atoms with Gasteiger partial charge in [-0.15, -0.1) is 0 Å². The van der Waals surface area contributed by atoms with Crippen molar-refractivity contribution >= 4 is 21.7 Å². The molecule has 1 saturated carbocycles. The summed E-state index contributed by atoms with van der Waals surface area (Å²) < 4.78 is 6.89. The molecule has 1 unspecified atom stereocenters. The number of nitrogens with zero attached hydrogens (tertiary/aromatic N) is 2. The maximum absolute atomic E-state index is 5.85. The Hall–Kier alpha value is -0.680. The van der Waals surface area contributed by atoms with Crippen molar-refractivity contribution in [1.82, 2.24) is 9.97 Å². The molecule has 0 saturated heterocycles. The molecule has 1 N–H and O–H groups in total. The van der Waals surface area contributed by atoms with Gasteiger partial charge in [0.15, 0.2) is 5.82 Å². The molecule has 1 fully saturated rings. The Morgan fingerprint density at radius 2 is 2.00 bits per heavy atom. The van der Waals surface area contributed by atoms with Crippen LogP contribution in [0.1, 0.15) is 76.4 Å². The largest absolute Gasteiger partial charge is 0.371 e. The van der Waals surface area contributed by atoms with Gasteiger partial charge in [0, 0.05) is 19.1 Å². The van der Waals surface area contributed by atoms with Crippen LogP contribution in [0.25, 0.3) is 0 Å². The molecule has 1 atom stereocenters. The van der Waals surface area contributed by atoms with Crippen molar-refractivity contribution in [3.05, 3.63) is 16.0 Å². The molecule has 1 aromatic rings. The molecule has 1 heterocycles. The van der Waals surface area contributed by atoms with E-state index in [1.807, 2.05) is 6.92 Å². The zero-order valence-electron chi connectivity index (χ0n) is 13.3. The third kappa shape index (κ3) is 4.39. The number of nitrogens with one attached hydrogen (secondary N) is 1. The minimum Gasteiger partial charge on any atom is -0.371 e. The van der Waals surface area contributed by atoms with Crippen molar-refractivity contribution in [1.29, 1.82) is 0 Å². The molecular formula is C16H26BrN3O. The average molecular weight is 356 g/mol. The molecule has 0 bridgehead atoms. The summed E-state index contributed by atoms with van der Waals surface area (Å²) in [6, 6.07) is 0. The number of hydrogen-bond acceptors (Lipinski definition) is 4. The lowest BCUT2D eigenvalue weighted by molar-refractivity contribution is 0.0493. The normalized spacial score (nSPS) is 16.0. The van der Waals surface area contributed by atoms with E-state index in [9.17, 15) is 0 Å². The van der Waals surface area contributed by atoms with Gasteiger partial charge in [0.05, 0.1) is 10.2 Å². The van der Waals surface area contributed by atoms with Gasteiger partial charge in [-0.05, 0) is 48.5 Å². The molecule has 118 valence electrons. The van der Waals surface area contributed by atoms with Crippen molar-refractivity contribution in [3.63, 3.8) is 0 Å². The maximum Gasteiger partial charge on any atom is 0.159 e. The number of hydrogen-bond donors (Lipinski definition) is 1. The number of aromatic nitrogens is 2. The van der Waals surface area contributed by atoms with E-state index in [4.69, 9.17) is 14.7 Å². The van der Waals surface area contributed by atoms with Gasteiger partial charge < -0.3 is 10.1 Å². The first-order chi connectivity index (χ1) is 10.2. The quantitative estimate of drug-likeness (QED) is 0.689. The van der Waals surface area contributed by atoms with Gasteiger partial charge in [0.25, 0.3) is 0 Å². The smallest absolute Gasteiger partial charge is 0.159 e. The van der Waals surface area contributed by atoms with Crippen LogP contribution >= 0.6 is 15.9 Å². The Kier molecular flexibility index (Phi) is 6.42. The summed E-state index contributed by atoms with van der Waals surface area (Å²) >= 11 is 3.68.